The molecule has 0 bridgehead atoms. The molecule has 0 aliphatic rings. The summed E-state index contributed by atoms with van der Waals surface area (Å²) < 4.78 is 57.6. The van der Waals surface area contributed by atoms with Crippen molar-refractivity contribution >= 4 is 25.8 Å². The third-order valence-electron chi connectivity index (χ3n) is 2.49. The van der Waals surface area contributed by atoms with Crippen molar-refractivity contribution in [2.75, 3.05) is 18.6 Å². The molecule has 0 fully saturated rings. The van der Waals surface area contributed by atoms with E-state index in [0.29, 0.717) is 0 Å². The van der Waals surface area contributed by atoms with Gasteiger partial charge in [-0.3, -0.25) is 4.79 Å². The molecule has 1 aromatic carbocycles. The fourth-order valence-electron chi connectivity index (χ4n) is 1.49. The highest BCUT2D eigenvalue weighted by atomic mass is 32.2. The van der Waals surface area contributed by atoms with E-state index >= 15 is 0 Å². The molecule has 3 N–H and O–H groups in total. The molecule has 0 unspecified atom stereocenters. The van der Waals surface area contributed by atoms with Crippen molar-refractivity contribution in [3.63, 3.8) is 0 Å². The summed E-state index contributed by atoms with van der Waals surface area (Å²) in [6.07, 6.45) is 1.23. The van der Waals surface area contributed by atoms with E-state index in [-0.39, 0.29) is 23.6 Å². The van der Waals surface area contributed by atoms with E-state index < -0.39 is 37.1 Å². The minimum absolute atomic E-state index is 0.0188. The number of carbonyl (C=O) groups is 1. The third kappa shape index (κ3) is 5.78. The molecule has 1 aromatic rings. The van der Waals surface area contributed by atoms with Gasteiger partial charge in [-0.25, -0.2) is 26.4 Å². The summed E-state index contributed by atoms with van der Waals surface area (Å²) in [5.41, 5.74) is -0.471. The average molecular weight is 338 g/mol. The molecule has 0 radical (unpaired) electrons. The zero-order valence-corrected chi connectivity index (χ0v) is 12.8. The number of amides is 1. The van der Waals surface area contributed by atoms with Crippen LogP contribution >= 0.6 is 0 Å². The van der Waals surface area contributed by atoms with Crippen LogP contribution in [0.15, 0.2) is 23.1 Å². The van der Waals surface area contributed by atoms with Crippen molar-refractivity contribution in [1.29, 1.82) is 0 Å². The van der Waals surface area contributed by atoms with Crippen LogP contribution in [0.3, 0.4) is 0 Å². The second kappa shape index (κ2) is 6.50. The summed E-state index contributed by atoms with van der Waals surface area (Å²) in [7, 11) is -7.19. The molecule has 1 rings (SSSR count). The maximum atomic E-state index is 13.5. The Morgan fingerprint density at radius 3 is 2.43 bits per heavy atom. The molecule has 0 atom stereocenters. The summed E-state index contributed by atoms with van der Waals surface area (Å²) in [5.74, 6) is -1.86. The summed E-state index contributed by atoms with van der Waals surface area (Å²) in [6, 6.07) is 2.60. The van der Waals surface area contributed by atoms with Gasteiger partial charge >= 0.3 is 0 Å². The number of hydrogen-bond acceptors (Lipinski definition) is 5. The van der Waals surface area contributed by atoms with Gasteiger partial charge in [-0.05, 0) is 24.6 Å². The van der Waals surface area contributed by atoms with E-state index in [1.807, 2.05) is 0 Å². The Bertz CT molecular complexity index is 744. The maximum absolute atomic E-state index is 13.5. The van der Waals surface area contributed by atoms with Crippen LogP contribution in [0.4, 0.5) is 4.39 Å². The molecule has 0 saturated heterocycles. The van der Waals surface area contributed by atoms with Crippen LogP contribution in [0.2, 0.25) is 0 Å². The number of benzene rings is 1. The summed E-state index contributed by atoms with van der Waals surface area (Å²) in [4.78, 5) is 11.3. The van der Waals surface area contributed by atoms with Gasteiger partial charge in [0.05, 0.1) is 16.2 Å². The van der Waals surface area contributed by atoms with Crippen LogP contribution in [-0.2, 0) is 19.9 Å². The zero-order chi connectivity index (χ0) is 16.3. The lowest BCUT2D eigenvalue weighted by Crippen LogP contribution is -2.27. The Hall–Kier alpha value is -1.52. The van der Waals surface area contributed by atoms with E-state index in [1.165, 1.54) is 0 Å². The van der Waals surface area contributed by atoms with Gasteiger partial charge in [-0.15, -0.1) is 0 Å². The second-order valence-electron chi connectivity index (χ2n) is 4.43. The number of hydrogen-bond donors (Lipinski definition) is 2. The molecule has 7 nitrogen and oxygen atoms in total. The first-order valence-electron chi connectivity index (χ1n) is 5.79. The predicted molar refractivity (Wildman–Crippen MR) is 74.4 cm³/mol. The van der Waals surface area contributed by atoms with Gasteiger partial charge in [0.25, 0.3) is 5.91 Å². The van der Waals surface area contributed by atoms with E-state index in [1.54, 1.807) is 0 Å². The Morgan fingerprint density at radius 2 is 1.90 bits per heavy atom. The van der Waals surface area contributed by atoms with Crippen LogP contribution in [0.1, 0.15) is 16.8 Å². The largest absolute Gasteiger partial charge is 0.352 e. The van der Waals surface area contributed by atoms with Crippen molar-refractivity contribution in [3.8, 4) is 0 Å². The number of primary sulfonamides is 1. The summed E-state index contributed by atoms with van der Waals surface area (Å²) in [6.45, 7) is 0.0188. The van der Waals surface area contributed by atoms with Gasteiger partial charge in [0.15, 0.2) is 0 Å². The molecule has 0 aliphatic heterocycles. The number of halogens is 1. The van der Waals surface area contributed by atoms with Gasteiger partial charge in [-0.2, -0.15) is 0 Å². The molecule has 0 spiro atoms. The lowest BCUT2D eigenvalue weighted by molar-refractivity contribution is 0.0949. The average Bonchev–Trinajstić information content (AvgIpc) is 2.32. The molecule has 118 valence electrons. The standard InChI is InChI=1S/C11H15FN2O5S2/c1-20(16,17)6-2-5-14-11(15)9-7-8(21(13,18)19)3-4-10(9)12/h3-4,7H,2,5-6H2,1H3,(H,14,15)(H2,13,18,19). The highest BCUT2D eigenvalue weighted by Gasteiger charge is 2.16. The number of sulfone groups is 1. The van der Waals surface area contributed by atoms with Crippen molar-refractivity contribution in [2.24, 2.45) is 5.14 Å². The fraction of sp³-hybridized carbons (Fsp3) is 0.364. The Morgan fingerprint density at radius 1 is 1.29 bits per heavy atom. The minimum atomic E-state index is -4.05. The minimum Gasteiger partial charge on any atom is -0.352 e. The van der Waals surface area contributed by atoms with E-state index in [0.717, 1.165) is 24.5 Å². The molecule has 10 heteroatoms. The maximum Gasteiger partial charge on any atom is 0.254 e. The lowest BCUT2D eigenvalue weighted by atomic mass is 10.2. The van der Waals surface area contributed by atoms with Gasteiger partial charge in [0.1, 0.15) is 15.7 Å². The molecule has 0 heterocycles. The normalized spacial score (nSPS) is 12.1. The van der Waals surface area contributed by atoms with Crippen molar-refractivity contribution in [1.82, 2.24) is 5.32 Å². The van der Waals surface area contributed by atoms with E-state index in [4.69, 9.17) is 5.14 Å². The molecule has 0 saturated carbocycles. The molecular formula is C11H15FN2O5S2. The van der Waals surface area contributed by atoms with Gasteiger partial charge in [0, 0.05) is 12.8 Å². The van der Waals surface area contributed by atoms with E-state index in [2.05, 4.69) is 5.32 Å². The Balaban J connectivity index is 2.79. The smallest absolute Gasteiger partial charge is 0.254 e. The molecule has 1 amide bonds. The molecule has 21 heavy (non-hydrogen) atoms. The third-order valence-corrected chi connectivity index (χ3v) is 4.43. The molecule has 0 aliphatic carbocycles. The van der Waals surface area contributed by atoms with Crippen LogP contribution in [0.5, 0.6) is 0 Å². The van der Waals surface area contributed by atoms with Crippen LogP contribution in [-0.4, -0.2) is 41.3 Å². The number of rotatable bonds is 6. The monoisotopic (exact) mass is 338 g/mol. The predicted octanol–water partition coefficient (Wildman–Crippen LogP) is -0.362. The summed E-state index contributed by atoms with van der Waals surface area (Å²) in [5, 5.41) is 7.21. The first-order chi connectivity index (χ1) is 9.50. The van der Waals surface area contributed by atoms with Crippen LogP contribution in [0, 0.1) is 5.82 Å². The Kier molecular flexibility index (Phi) is 5.42. The SMILES string of the molecule is CS(=O)(=O)CCCNC(=O)c1cc(S(N)(=O)=O)ccc1F. The molecular weight excluding hydrogens is 323 g/mol. The fourth-order valence-corrected chi connectivity index (χ4v) is 2.70. The highest BCUT2D eigenvalue weighted by Crippen LogP contribution is 2.13. The number of nitrogens with two attached hydrogens (primary N) is 1. The second-order valence-corrected chi connectivity index (χ2v) is 8.25. The Labute approximate surface area is 122 Å². The number of nitrogens with one attached hydrogen (secondary N) is 1. The number of carbonyl (C=O) groups excluding carboxylic acids is 1. The van der Waals surface area contributed by atoms with Gasteiger partial charge in [-0.1, -0.05) is 0 Å². The lowest BCUT2D eigenvalue weighted by Gasteiger charge is -2.07. The van der Waals surface area contributed by atoms with Crippen LogP contribution < -0.4 is 10.5 Å². The van der Waals surface area contributed by atoms with Crippen molar-refractivity contribution < 1.29 is 26.0 Å². The topological polar surface area (TPSA) is 123 Å². The quantitative estimate of drug-likeness (QED) is 0.686. The summed E-state index contributed by atoms with van der Waals surface area (Å²) >= 11 is 0. The number of sulfonamides is 1. The van der Waals surface area contributed by atoms with E-state index in [9.17, 15) is 26.0 Å². The van der Waals surface area contributed by atoms with Crippen molar-refractivity contribution in [2.45, 2.75) is 11.3 Å². The molecule has 0 aromatic heterocycles. The first-order valence-corrected chi connectivity index (χ1v) is 9.39. The van der Waals surface area contributed by atoms with Gasteiger partial charge < -0.3 is 5.32 Å². The zero-order valence-electron chi connectivity index (χ0n) is 11.2. The first kappa shape index (κ1) is 17.5. The van der Waals surface area contributed by atoms with Gasteiger partial charge in [0.2, 0.25) is 10.0 Å². The van der Waals surface area contributed by atoms with Crippen LogP contribution in [0.25, 0.3) is 0 Å². The highest BCUT2D eigenvalue weighted by molar-refractivity contribution is 7.90. The van der Waals surface area contributed by atoms with Crippen molar-refractivity contribution in [3.05, 3.63) is 29.6 Å².